The van der Waals surface area contributed by atoms with Crippen LogP contribution in [0, 0.1) is 0 Å². The maximum atomic E-state index is 5.07. The molecule has 0 aliphatic carbocycles. The van der Waals surface area contributed by atoms with Gasteiger partial charge in [0.25, 0.3) is 0 Å². The zero-order valence-corrected chi connectivity index (χ0v) is 23.0. The third kappa shape index (κ3) is 4.37. The van der Waals surface area contributed by atoms with Crippen molar-refractivity contribution in [3.05, 3.63) is 146 Å². The molecule has 0 N–H and O–H groups in total. The van der Waals surface area contributed by atoms with Crippen molar-refractivity contribution < 1.29 is 0 Å². The summed E-state index contributed by atoms with van der Waals surface area (Å²) in [6, 6.07) is 51.4. The van der Waals surface area contributed by atoms with E-state index < -0.39 is 0 Å². The molecule has 8 aromatic rings. The predicted octanol–water partition coefficient (Wildman–Crippen LogP) is 10.7. The zero-order valence-electron chi connectivity index (χ0n) is 22.2. The SMILES string of the molecule is c1ccc(-c2cc(-c3ccc(-c4ccc5sc6ccccc6c5c4)cc3)nc(-c3ccc4ccccc4c3)n2)cc1. The molecule has 0 atom stereocenters. The summed E-state index contributed by atoms with van der Waals surface area (Å²) in [5, 5.41) is 5.03. The van der Waals surface area contributed by atoms with Crippen LogP contribution in [0.5, 0.6) is 0 Å². The van der Waals surface area contributed by atoms with E-state index in [4.69, 9.17) is 9.97 Å². The Hall–Kier alpha value is -5.12. The number of hydrogen-bond donors (Lipinski definition) is 0. The highest BCUT2D eigenvalue weighted by Gasteiger charge is 2.12. The fourth-order valence-corrected chi connectivity index (χ4v) is 6.63. The normalized spacial score (nSPS) is 11.4. The fraction of sp³-hybridized carbons (Fsp3) is 0. The Morgan fingerprint density at radius 1 is 0.366 bits per heavy atom. The van der Waals surface area contributed by atoms with Crippen molar-refractivity contribution >= 4 is 42.3 Å². The van der Waals surface area contributed by atoms with Gasteiger partial charge in [-0.05, 0) is 52.2 Å². The first kappa shape index (κ1) is 23.7. The summed E-state index contributed by atoms with van der Waals surface area (Å²) in [6.07, 6.45) is 0. The molecule has 0 radical (unpaired) electrons. The van der Waals surface area contributed by atoms with Crippen LogP contribution in [0.4, 0.5) is 0 Å². The van der Waals surface area contributed by atoms with Gasteiger partial charge in [0.05, 0.1) is 11.4 Å². The molecule has 0 saturated heterocycles. The van der Waals surface area contributed by atoms with E-state index in [-0.39, 0.29) is 0 Å². The van der Waals surface area contributed by atoms with Crippen LogP contribution in [0.25, 0.3) is 76.0 Å². The molecule has 0 aliphatic heterocycles. The summed E-state index contributed by atoms with van der Waals surface area (Å²) in [5.74, 6) is 0.728. The first-order valence-electron chi connectivity index (χ1n) is 13.7. The number of nitrogens with zero attached hydrogens (tertiary/aromatic N) is 2. The average Bonchev–Trinajstić information content (AvgIpc) is 3.43. The molecule has 2 aromatic heterocycles. The van der Waals surface area contributed by atoms with Gasteiger partial charge in [0.2, 0.25) is 0 Å². The lowest BCUT2D eigenvalue weighted by molar-refractivity contribution is 1.18. The van der Waals surface area contributed by atoms with Crippen molar-refractivity contribution in [1.29, 1.82) is 0 Å². The van der Waals surface area contributed by atoms with E-state index in [1.165, 1.54) is 42.1 Å². The van der Waals surface area contributed by atoms with Crippen molar-refractivity contribution in [2.45, 2.75) is 0 Å². The van der Waals surface area contributed by atoms with E-state index in [0.717, 1.165) is 33.9 Å². The molecule has 0 aliphatic rings. The minimum absolute atomic E-state index is 0.728. The number of rotatable bonds is 4. The lowest BCUT2D eigenvalue weighted by Gasteiger charge is -2.11. The van der Waals surface area contributed by atoms with Crippen LogP contribution >= 0.6 is 11.3 Å². The molecule has 8 rings (SSSR count). The van der Waals surface area contributed by atoms with Gasteiger partial charge in [-0.1, -0.05) is 115 Å². The average molecular weight is 541 g/mol. The summed E-state index contributed by atoms with van der Waals surface area (Å²) in [6.45, 7) is 0. The molecule has 6 aromatic carbocycles. The standard InChI is InChI=1S/C38H24N2S/c1-2-9-27(10-3-1)34-24-35(40-38(39-34)31-19-16-25-8-4-5-11-29(25)22-31)28-17-14-26(15-18-28)30-20-21-37-33(23-30)32-12-6-7-13-36(32)41-37/h1-24H. The van der Waals surface area contributed by atoms with Gasteiger partial charge in [-0.2, -0.15) is 0 Å². The lowest BCUT2D eigenvalue weighted by atomic mass is 10.00. The Balaban J connectivity index is 1.21. The van der Waals surface area contributed by atoms with E-state index in [1.807, 2.05) is 17.4 Å². The van der Waals surface area contributed by atoms with Gasteiger partial charge >= 0.3 is 0 Å². The highest BCUT2D eigenvalue weighted by atomic mass is 32.1. The molecule has 0 fully saturated rings. The quantitative estimate of drug-likeness (QED) is 0.222. The predicted molar refractivity (Wildman–Crippen MR) is 174 cm³/mol. The van der Waals surface area contributed by atoms with Gasteiger partial charge in [-0.25, -0.2) is 9.97 Å². The van der Waals surface area contributed by atoms with Gasteiger partial charge in [0.1, 0.15) is 0 Å². The van der Waals surface area contributed by atoms with Crippen LogP contribution in [-0.4, -0.2) is 9.97 Å². The first-order chi connectivity index (χ1) is 20.3. The van der Waals surface area contributed by atoms with Crippen molar-refractivity contribution in [3.8, 4) is 45.0 Å². The van der Waals surface area contributed by atoms with Crippen LogP contribution in [0.2, 0.25) is 0 Å². The number of aromatic nitrogens is 2. The van der Waals surface area contributed by atoms with Crippen molar-refractivity contribution in [1.82, 2.24) is 9.97 Å². The van der Waals surface area contributed by atoms with Gasteiger partial charge in [0.15, 0.2) is 5.82 Å². The van der Waals surface area contributed by atoms with Crippen molar-refractivity contribution in [2.24, 2.45) is 0 Å². The second-order valence-electron chi connectivity index (χ2n) is 10.3. The lowest BCUT2D eigenvalue weighted by Crippen LogP contribution is -1.96. The molecule has 0 amide bonds. The second-order valence-corrected chi connectivity index (χ2v) is 11.4. The van der Waals surface area contributed by atoms with Gasteiger partial charge in [0, 0.05) is 36.9 Å². The number of hydrogen-bond acceptors (Lipinski definition) is 3. The Bertz CT molecular complexity index is 2200. The monoisotopic (exact) mass is 540 g/mol. The highest BCUT2D eigenvalue weighted by Crippen LogP contribution is 2.37. The van der Waals surface area contributed by atoms with Crippen LogP contribution < -0.4 is 0 Å². The molecule has 0 spiro atoms. The molecule has 2 nitrogen and oxygen atoms in total. The van der Waals surface area contributed by atoms with E-state index in [2.05, 4.69) is 140 Å². The molecular weight excluding hydrogens is 516 g/mol. The zero-order chi connectivity index (χ0) is 27.2. The largest absolute Gasteiger partial charge is 0.228 e. The minimum Gasteiger partial charge on any atom is -0.228 e. The highest BCUT2D eigenvalue weighted by molar-refractivity contribution is 7.25. The molecule has 3 heteroatoms. The molecular formula is C38H24N2S. The fourth-order valence-electron chi connectivity index (χ4n) is 5.55. The Labute approximate surface area is 242 Å². The molecule has 2 heterocycles. The Morgan fingerprint density at radius 3 is 1.80 bits per heavy atom. The number of benzene rings is 6. The van der Waals surface area contributed by atoms with Crippen LogP contribution in [0.3, 0.4) is 0 Å². The Kier molecular flexibility index (Phi) is 5.68. The molecule has 41 heavy (non-hydrogen) atoms. The summed E-state index contributed by atoms with van der Waals surface area (Å²) >= 11 is 1.85. The summed E-state index contributed by atoms with van der Waals surface area (Å²) in [5.41, 5.74) is 7.39. The maximum Gasteiger partial charge on any atom is 0.160 e. The number of fused-ring (bicyclic) bond motifs is 4. The molecule has 0 unspecified atom stereocenters. The third-order valence-electron chi connectivity index (χ3n) is 7.69. The molecule has 0 saturated carbocycles. The minimum atomic E-state index is 0.728. The summed E-state index contributed by atoms with van der Waals surface area (Å²) in [4.78, 5) is 10.1. The van der Waals surface area contributed by atoms with Crippen molar-refractivity contribution in [3.63, 3.8) is 0 Å². The number of thiophene rings is 1. The van der Waals surface area contributed by atoms with E-state index in [0.29, 0.717) is 0 Å². The Morgan fingerprint density at radius 2 is 0.976 bits per heavy atom. The smallest absolute Gasteiger partial charge is 0.160 e. The third-order valence-corrected chi connectivity index (χ3v) is 8.85. The summed E-state index contributed by atoms with van der Waals surface area (Å²) in [7, 11) is 0. The van der Waals surface area contributed by atoms with E-state index in [1.54, 1.807) is 0 Å². The van der Waals surface area contributed by atoms with Crippen LogP contribution in [-0.2, 0) is 0 Å². The second kappa shape index (κ2) is 9.81. The van der Waals surface area contributed by atoms with Gasteiger partial charge < -0.3 is 0 Å². The molecule has 192 valence electrons. The van der Waals surface area contributed by atoms with Gasteiger partial charge in [-0.3, -0.25) is 0 Å². The molecule has 0 bridgehead atoms. The van der Waals surface area contributed by atoms with E-state index in [9.17, 15) is 0 Å². The van der Waals surface area contributed by atoms with Crippen LogP contribution in [0.1, 0.15) is 0 Å². The van der Waals surface area contributed by atoms with Gasteiger partial charge in [-0.15, -0.1) is 11.3 Å². The van der Waals surface area contributed by atoms with E-state index >= 15 is 0 Å². The first-order valence-corrected chi connectivity index (χ1v) is 14.6. The maximum absolute atomic E-state index is 5.07. The van der Waals surface area contributed by atoms with Crippen LogP contribution in [0.15, 0.2) is 146 Å². The van der Waals surface area contributed by atoms with Crippen molar-refractivity contribution in [2.75, 3.05) is 0 Å². The summed E-state index contributed by atoms with van der Waals surface area (Å²) < 4.78 is 2.65. The topological polar surface area (TPSA) is 25.8 Å².